The second-order valence-electron chi connectivity index (χ2n) is 8.00. The third kappa shape index (κ3) is 3.43. The van der Waals surface area contributed by atoms with Crippen molar-refractivity contribution in [2.24, 2.45) is 10.8 Å². The van der Waals surface area contributed by atoms with Crippen LogP contribution in [0, 0.1) is 10.8 Å². The molecule has 1 aliphatic carbocycles. The molecule has 0 fully saturated rings. The van der Waals surface area contributed by atoms with E-state index in [2.05, 4.69) is 44.9 Å². The van der Waals surface area contributed by atoms with E-state index in [1.807, 2.05) is 13.2 Å². The van der Waals surface area contributed by atoms with Crippen molar-refractivity contribution in [3.63, 3.8) is 0 Å². The number of hydrogen-bond acceptors (Lipinski definition) is 4. The molecule has 1 N–H and O–H groups in total. The smallest absolute Gasteiger partial charge is 0.157 e. The Morgan fingerprint density at radius 1 is 1.38 bits per heavy atom. The summed E-state index contributed by atoms with van der Waals surface area (Å²) in [4.78, 5) is 9.47. The minimum absolute atomic E-state index is 0.0183. The van der Waals surface area contributed by atoms with Crippen LogP contribution in [0.3, 0.4) is 0 Å². The van der Waals surface area contributed by atoms with Crippen molar-refractivity contribution >= 4 is 0 Å². The third-order valence-corrected chi connectivity index (χ3v) is 4.30. The molecule has 1 aromatic rings. The van der Waals surface area contributed by atoms with Crippen LogP contribution in [0.15, 0.2) is 6.20 Å². The molecule has 2 unspecified atom stereocenters. The Morgan fingerprint density at radius 2 is 2.05 bits per heavy atom. The Balaban J connectivity index is 2.43. The van der Waals surface area contributed by atoms with Gasteiger partial charge in [-0.3, -0.25) is 0 Å². The first-order valence-electron chi connectivity index (χ1n) is 7.74. The van der Waals surface area contributed by atoms with Gasteiger partial charge in [-0.15, -0.1) is 0 Å². The topological polar surface area (TPSA) is 47.0 Å². The van der Waals surface area contributed by atoms with Gasteiger partial charge in [0.25, 0.3) is 0 Å². The van der Waals surface area contributed by atoms with Gasteiger partial charge in [0.1, 0.15) is 6.10 Å². The molecule has 0 spiro atoms. The van der Waals surface area contributed by atoms with Gasteiger partial charge < -0.3 is 10.1 Å². The van der Waals surface area contributed by atoms with E-state index in [1.54, 1.807) is 7.11 Å². The lowest BCUT2D eigenvalue weighted by atomic mass is 9.74. The molecule has 1 heterocycles. The fraction of sp³-hybridized carbons (Fsp3) is 0.765. The van der Waals surface area contributed by atoms with Crippen molar-refractivity contribution in [2.75, 3.05) is 14.2 Å². The van der Waals surface area contributed by atoms with Crippen molar-refractivity contribution in [3.8, 4) is 0 Å². The lowest BCUT2D eigenvalue weighted by Gasteiger charge is -2.37. The van der Waals surface area contributed by atoms with E-state index in [0.717, 1.165) is 18.7 Å². The van der Waals surface area contributed by atoms with Gasteiger partial charge in [-0.05, 0) is 30.7 Å². The average Bonchev–Trinajstić information content (AvgIpc) is 2.35. The van der Waals surface area contributed by atoms with Crippen molar-refractivity contribution in [1.82, 2.24) is 15.3 Å². The highest BCUT2D eigenvalue weighted by Crippen LogP contribution is 2.41. The summed E-state index contributed by atoms with van der Waals surface area (Å²) >= 11 is 0. The van der Waals surface area contributed by atoms with Gasteiger partial charge in [0, 0.05) is 30.6 Å². The number of nitrogens with zero attached hydrogens (tertiary/aromatic N) is 2. The molecule has 0 saturated carbocycles. The number of methoxy groups -OCH3 is 1. The van der Waals surface area contributed by atoms with E-state index in [4.69, 9.17) is 9.72 Å². The van der Waals surface area contributed by atoms with Crippen LogP contribution in [0.4, 0.5) is 0 Å². The lowest BCUT2D eigenvalue weighted by Crippen LogP contribution is -2.33. The molecule has 0 aliphatic heterocycles. The van der Waals surface area contributed by atoms with Crippen molar-refractivity contribution in [3.05, 3.63) is 23.3 Å². The van der Waals surface area contributed by atoms with Crippen LogP contribution in [-0.4, -0.2) is 24.1 Å². The van der Waals surface area contributed by atoms with E-state index in [1.165, 1.54) is 11.3 Å². The predicted molar refractivity (Wildman–Crippen MR) is 85.1 cm³/mol. The minimum Gasteiger partial charge on any atom is -0.373 e. The van der Waals surface area contributed by atoms with E-state index >= 15 is 0 Å². The molecular formula is C17H29N3O. The van der Waals surface area contributed by atoms with Gasteiger partial charge in [0.2, 0.25) is 0 Å². The molecule has 21 heavy (non-hydrogen) atoms. The molecule has 1 aromatic heterocycles. The maximum absolute atomic E-state index is 5.66. The summed E-state index contributed by atoms with van der Waals surface area (Å²) in [6.45, 7) is 11.1. The van der Waals surface area contributed by atoms with Crippen molar-refractivity contribution in [1.29, 1.82) is 0 Å². The molecule has 0 amide bonds. The SMILES string of the molecule is CNC1CC(C)(C)Cc2nc(C(OC)C(C)(C)C)ncc21. The normalized spacial score (nSPS) is 22.7. The molecule has 0 radical (unpaired) electrons. The molecule has 0 bridgehead atoms. The highest BCUT2D eigenvalue weighted by atomic mass is 16.5. The molecular weight excluding hydrogens is 262 g/mol. The summed E-state index contributed by atoms with van der Waals surface area (Å²) in [6.07, 6.45) is 4.02. The third-order valence-electron chi connectivity index (χ3n) is 4.30. The number of rotatable bonds is 3. The van der Waals surface area contributed by atoms with Gasteiger partial charge in [-0.25, -0.2) is 9.97 Å². The van der Waals surface area contributed by atoms with Gasteiger partial charge in [0.15, 0.2) is 5.82 Å². The van der Waals surface area contributed by atoms with Crippen LogP contribution in [0.2, 0.25) is 0 Å². The van der Waals surface area contributed by atoms with Crippen molar-refractivity contribution < 1.29 is 4.74 Å². The van der Waals surface area contributed by atoms with E-state index in [9.17, 15) is 0 Å². The van der Waals surface area contributed by atoms with Crippen LogP contribution in [0.25, 0.3) is 0 Å². The van der Waals surface area contributed by atoms with Gasteiger partial charge in [-0.2, -0.15) is 0 Å². The largest absolute Gasteiger partial charge is 0.373 e. The Labute approximate surface area is 128 Å². The summed E-state index contributed by atoms with van der Waals surface area (Å²) < 4.78 is 5.66. The van der Waals surface area contributed by atoms with E-state index in [0.29, 0.717) is 6.04 Å². The summed E-state index contributed by atoms with van der Waals surface area (Å²) in [5.41, 5.74) is 2.65. The van der Waals surface area contributed by atoms with Gasteiger partial charge in [-0.1, -0.05) is 34.6 Å². The molecule has 1 aliphatic rings. The fourth-order valence-electron chi connectivity index (χ4n) is 3.29. The van der Waals surface area contributed by atoms with E-state index in [-0.39, 0.29) is 16.9 Å². The zero-order valence-electron chi connectivity index (χ0n) is 14.4. The first kappa shape index (κ1) is 16.4. The second kappa shape index (κ2) is 5.65. The second-order valence-corrected chi connectivity index (χ2v) is 8.00. The first-order chi connectivity index (χ1) is 9.68. The molecule has 2 atom stereocenters. The highest BCUT2D eigenvalue weighted by molar-refractivity contribution is 5.27. The monoisotopic (exact) mass is 291 g/mol. The number of aromatic nitrogens is 2. The Kier molecular flexibility index (Phi) is 4.41. The molecule has 0 aromatic carbocycles. The molecule has 4 heteroatoms. The van der Waals surface area contributed by atoms with Crippen LogP contribution in [-0.2, 0) is 11.2 Å². The van der Waals surface area contributed by atoms with Gasteiger partial charge in [0.05, 0.1) is 0 Å². The molecule has 4 nitrogen and oxygen atoms in total. The van der Waals surface area contributed by atoms with Crippen molar-refractivity contribution in [2.45, 2.75) is 59.6 Å². The molecule has 118 valence electrons. The fourth-order valence-corrected chi connectivity index (χ4v) is 3.29. The standard InChI is InChI=1S/C17H29N3O/c1-16(2,3)14(21-7)15-19-10-11-12(18-6)8-17(4,5)9-13(11)20-15/h10,12,14,18H,8-9H2,1-7H3. The lowest BCUT2D eigenvalue weighted by molar-refractivity contribution is 0.00826. The number of nitrogens with one attached hydrogen (secondary N) is 1. The quantitative estimate of drug-likeness (QED) is 0.926. The zero-order chi connectivity index (χ0) is 15.8. The van der Waals surface area contributed by atoms with Crippen LogP contribution in [0.1, 0.15) is 70.3 Å². The summed E-state index contributed by atoms with van der Waals surface area (Å²) in [6, 6.07) is 0.341. The number of ether oxygens (including phenoxy) is 1. The van der Waals surface area contributed by atoms with Crippen LogP contribution >= 0.6 is 0 Å². The molecule has 0 saturated heterocycles. The first-order valence-corrected chi connectivity index (χ1v) is 7.74. The summed E-state index contributed by atoms with van der Waals surface area (Å²) in [5, 5.41) is 3.40. The summed E-state index contributed by atoms with van der Waals surface area (Å²) in [7, 11) is 3.75. The Hall–Kier alpha value is -1.00. The Bertz CT molecular complexity index is 505. The number of fused-ring (bicyclic) bond motifs is 1. The van der Waals surface area contributed by atoms with E-state index < -0.39 is 0 Å². The molecule has 2 rings (SSSR count). The average molecular weight is 291 g/mol. The zero-order valence-corrected chi connectivity index (χ0v) is 14.4. The Morgan fingerprint density at radius 3 is 2.57 bits per heavy atom. The van der Waals surface area contributed by atoms with Gasteiger partial charge >= 0.3 is 0 Å². The van der Waals surface area contributed by atoms with Crippen LogP contribution in [0.5, 0.6) is 0 Å². The van der Waals surface area contributed by atoms with Crippen LogP contribution < -0.4 is 5.32 Å². The minimum atomic E-state index is -0.0825. The summed E-state index contributed by atoms with van der Waals surface area (Å²) in [5.74, 6) is 0.802. The maximum Gasteiger partial charge on any atom is 0.157 e. The number of hydrogen-bond donors (Lipinski definition) is 1. The predicted octanol–water partition coefficient (Wildman–Crippen LogP) is 3.44. The highest BCUT2D eigenvalue weighted by Gasteiger charge is 2.35. The maximum atomic E-state index is 5.66.